The lowest BCUT2D eigenvalue weighted by atomic mass is 10.2. The van der Waals surface area contributed by atoms with Gasteiger partial charge in [0.1, 0.15) is 5.82 Å². The van der Waals surface area contributed by atoms with Crippen molar-refractivity contribution in [2.75, 3.05) is 37.5 Å². The average molecular weight is 303 g/mol. The fourth-order valence-electron chi connectivity index (χ4n) is 1.49. The molecule has 17 heavy (non-hydrogen) atoms. The third-order valence-electron chi connectivity index (χ3n) is 2.46. The van der Waals surface area contributed by atoms with E-state index in [0.29, 0.717) is 5.95 Å². The van der Waals surface area contributed by atoms with Crippen molar-refractivity contribution in [3.8, 4) is 0 Å². The molecule has 0 saturated heterocycles. The molecule has 0 atom stereocenters. The van der Waals surface area contributed by atoms with Gasteiger partial charge in [0.2, 0.25) is 5.95 Å². The predicted molar refractivity (Wildman–Crippen MR) is 73.5 cm³/mol. The summed E-state index contributed by atoms with van der Waals surface area (Å²) in [5.74, 6) is 1.50. The van der Waals surface area contributed by atoms with Gasteiger partial charge in [0.05, 0.1) is 4.47 Å². The number of nitrogens with one attached hydrogen (secondary N) is 1. The minimum atomic E-state index is 0.269. The van der Waals surface area contributed by atoms with Crippen LogP contribution in [-0.4, -0.2) is 42.3 Å². The van der Waals surface area contributed by atoms with Crippen molar-refractivity contribution in [1.82, 2.24) is 9.97 Å². The molecule has 0 spiro atoms. The highest BCUT2D eigenvalue weighted by atomic mass is 79.9. The normalized spacial score (nSPS) is 10.4. The van der Waals surface area contributed by atoms with Crippen LogP contribution in [-0.2, 0) is 0 Å². The highest BCUT2D eigenvalue weighted by molar-refractivity contribution is 9.10. The second-order valence-corrected chi connectivity index (χ2v) is 4.68. The zero-order valence-electron chi connectivity index (χ0n) is 10.3. The summed E-state index contributed by atoms with van der Waals surface area (Å²) in [7, 11) is 3.81. The van der Waals surface area contributed by atoms with Crippen molar-refractivity contribution >= 4 is 27.7 Å². The van der Waals surface area contributed by atoms with Crippen LogP contribution in [0.2, 0.25) is 0 Å². The second kappa shape index (κ2) is 7.45. The second-order valence-electron chi connectivity index (χ2n) is 3.82. The Morgan fingerprint density at radius 1 is 1.41 bits per heavy atom. The van der Waals surface area contributed by atoms with Crippen molar-refractivity contribution in [3.63, 3.8) is 0 Å². The monoisotopic (exact) mass is 302 g/mol. The van der Waals surface area contributed by atoms with Crippen LogP contribution >= 0.6 is 15.9 Å². The summed E-state index contributed by atoms with van der Waals surface area (Å²) in [5, 5.41) is 11.6. The fourth-order valence-corrected chi connectivity index (χ4v) is 1.98. The minimum Gasteiger partial charge on any atom is -0.396 e. The molecular weight excluding hydrogens is 284 g/mol. The van der Waals surface area contributed by atoms with Crippen molar-refractivity contribution in [2.45, 2.75) is 19.3 Å². The summed E-state index contributed by atoms with van der Waals surface area (Å²) in [5.41, 5.74) is 0. The average Bonchev–Trinajstić information content (AvgIpc) is 2.35. The molecule has 0 unspecified atom stereocenters. The van der Waals surface area contributed by atoms with Crippen LogP contribution in [0.4, 0.5) is 11.8 Å². The lowest BCUT2D eigenvalue weighted by molar-refractivity contribution is 0.283. The SMILES string of the molecule is CNc1ncc(Br)c(N(C)CCCCCO)n1. The van der Waals surface area contributed by atoms with Crippen molar-refractivity contribution in [3.05, 3.63) is 10.7 Å². The van der Waals surface area contributed by atoms with Gasteiger partial charge < -0.3 is 15.3 Å². The largest absolute Gasteiger partial charge is 0.396 e. The zero-order chi connectivity index (χ0) is 12.7. The molecule has 5 nitrogen and oxygen atoms in total. The molecule has 6 heteroatoms. The van der Waals surface area contributed by atoms with Crippen LogP contribution in [0.15, 0.2) is 10.7 Å². The van der Waals surface area contributed by atoms with Gasteiger partial charge in [-0.15, -0.1) is 0 Å². The van der Waals surface area contributed by atoms with Crippen LogP contribution in [0, 0.1) is 0 Å². The van der Waals surface area contributed by atoms with E-state index in [1.54, 1.807) is 13.2 Å². The van der Waals surface area contributed by atoms with Crippen LogP contribution in [0.25, 0.3) is 0 Å². The number of anilines is 2. The molecule has 2 N–H and O–H groups in total. The lowest BCUT2D eigenvalue weighted by Gasteiger charge is -2.19. The number of halogens is 1. The summed E-state index contributed by atoms with van der Waals surface area (Å²) < 4.78 is 0.890. The smallest absolute Gasteiger partial charge is 0.224 e. The van der Waals surface area contributed by atoms with Crippen LogP contribution in [0.5, 0.6) is 0 Å². The van der Waals surface area contributed by atoms with Crippen molar-refractivity contribution < 1.29 is 5.11 Å². The molecule has 0 aliphatic rings. The Labute approximate surface area is 110 Å². The van der Waals surface area contributed by atoms with E-state index in [1.807, 2.05) is 7.05 Å². The fraction of sp³-hybridized carbons (Fsp3) is 0.636. The molecule has 1 aromatic rings. The highest BCUT2D eigenvalue weighted by Gasteiger charge is 2.08. The molecule has 0 radical (unpaired) electrons. The molecule has 0 bridgehead atoms. The van der Waals surface area contributed by atoms with Gasteiger partial charge in [-0.2, -0.15) is 4.98 Å². The molecule has 0 fully saturated rings. The lowest BCUT2D eigenvalue weighted by Crippen LogP contribution is -2.21. The molecule has 1 rings (SSSR count). The van der Waals surface area contributed by atoms with Gasteiger partial charge in [-0.25, -0.2) is 4.98 Å². The van der Waals surface area contributed by atoms with E-state index in [2.05, 4.69) is 36.1 Å². The van der Waals surface area contributed by atoms with Crippen LogP contribution in [0.3, 0.4) is 0 Å². The first-order valence-electron chi connectivity index (χ1n) is 5.71. The number of hydrogen-bond acceptors (Lipinski definition) is 5. The van der Waals surface area contributed by atoms with E-state index in [0.717, 1.165) is 36.1 Å². The highest BCUT2D eigenvalue weighted by Crippen LogP contribution is 2.23. The summed E-state index contributed by atoms with van der Waals surface area (Å²) in [6.07, 6.45) is 4.68. The van der Waals surface area contributed by atoms with E-state index >= 15 is 0 Å². The first-order chi connectivity index (χ1) is 8.19. The third-order valence-corrected chi connectivity index (χ3v) is 3.02. The number of aromatic nitrogens is 2. The van der Waals surface area contributed by atoms with Gasteiger partial charge in [0, 0.05) is 33.4 Å². The molecule has 0 aromatic carbocycles. The Morgan fingerprint density at radius 2 is 2.18 bits per heavy atom. The Balaban J connectivity index is 2.57. The molecule has 1 aromatic heterocycles. The van der Waals surface area contributed by atoms with Crippen LogP contribution in [0.1, 0.15) is 19.3 Å². The molecular formula is C11H19BrN4O. The van der Waals surface area contributed by atoms with Crippen LogP contribution < -0.4 is 10.2 Å². The molecule has 1 heterocycles. The molecule has 0 aliphatic heterocycles. The number of unbranched alkanes of at least 4 members (excludes halogenated alkanes) is 2. The van der Waals surface area contributed by atoms with Gasteiger partial charge in [0.25, 0.3) is 0 Å². The maximum absolute atomic E-state index is 8.71. The molecule has 96 valence electrons. The summed E-state index contributed by atoms with van der Waals surface area (Å²) in [6, 6.07) is 0. The Morgan fingerprint density at radius 3 is 2.82 bits per heavy atom. The molecule has 0 saturated carbocycles. The van der Waals surface area contributed by atoms with Gasteiger partial charge >= 0.3 is 0 Å². The third kappa shape index (κ3) is 4.47. The van der Waals surface area contributed by atoms with Crippen molar-refractivity contribution in [1.29, 1.82) is 0 Å². The number of rotatable bonds is 7. The van der Waals surface area contributed by atoms with E-state index in [4.69, 9.17) is 5.11 Å². The number of aliphatic hydroxyl groups is 1. The van der Waals surface area contributed by atoms with E-state index < -0.39 is 0 Å². The number of hydrogen-bond donors (Lipinski definition) is 2. The zero-order valence-corrected chi connectivity index (χ0v) is 11.9. The first-order valence-corrected chi connectivity index (χ1v) is 6.50. The van der Waals surface area contributed by atoms with E-state index in [9.17, 15) is 0 Å². The summed E-state index contributed by atoms with van der Waals surface area (Å²) in [6.45, 7) is 1.18. The quantitative estimate of drug-likeness (QED) is 0.753. The van der Waals surface area contributed by atoms with Crippen molar-refractivity contribution in [2.24, 2.45) is 0 Å². The van der Waals surface area contributed by atoms with E-state index in [1.165, 1.54) is 0 Å². The Hall–Kier alpha value is -0.880. The van der Waals surface area contributed by atoms with Gasteiger partial charge in [-0.05, 0) is 35.2 Å². The maximum Gasteiger partial charge on any atom is 0.224 e. The topological polar surface area (TPSA) is 61.3 Å². The summed E-state index contributed by atoms with van der Waals surface area (Å²) in [4.78, 5) is 10.6. The minimum absolute atomic E-state index is 0.269. The first kappa shape index (κ1) is 14.2. The molecule has 0 aliphatic carbocycles. The maximum atomic E-state index is 8.71. The number of nitrogens with zero attached hydrogens (tertiary/aromatic N) is 3. The number of aliphatic hydroxyl groups excluding tert-OH is 1. The Kier molecular flexibility index (Phi) is 6.21. The van der Waals surface area contributed by atoms with Gasteiger partial charge in [0.15, 0.2) is 0 Å². The molecule has 0 amide bonds. The van der Waals surface area contributed by atoms with Gasteiger partial charge in [-0.3, -0.25) is 0 Å². The predicted octanol–water partition coefficient (Wildman–Crippen LogP) is 1.88. The Bertz CT molecular complexity index is 348. The van der Waals surface area contributed by atoms with Gasteiger partial charge in [-0.1, -0.05) is 0 Å². The van der Waals surface area contributed by atoms with E-state index in [-0.39, 0.29) is 6.61 Å². The summed E-state index contributed by atoms with van der Waals surface area (Å²) >= 11 is 3.45. The standard InChI is InChI=1S/C11H19BrN4O/c1-13-11-14-8-9(12)10(15-11)16(2)6-4-3-5-7-17/h8,17H,3-7H2,1-2H3,(H,13,14,15).